The summed E-state index contributed by atoms with van der Waals surface area (Å²) in [5.74, 6) is 0.721. The maximum atomic E-state index is 11.3. The van der Waals surface area contributed by atoms with E-state index in [1.54, 1.807) is 0 Å². The number of nitrogens with one attached hydrogen (secondary N) is 2. The summed E-state index contributed by atoms with van der Waals surface area (Å²) in [7, 11) is 0. The Bertz CT molecular complexity index is 225. The molecule has 0 radical (unpaired) electrons. The van der Waals surface area contributed by atoms with E-state index in [4.69, 9.17) is 5.11 Å². The lowest BCUT2D eigenvalue weighted by molar-refractivity contribution is 0.148. The van der Waals surface area contributed by atoms with Crippen LogP contribution in [0.5, 0.6) is 0 Å². The van der Waals surface area contributed by atoms with Crippen LogP contribution in [0.4, 0.5) is 4.79 Å². The summed E-state index contributed by atoms with van der Waals surface area (Å²) in [6.45, 7) is 5.75. The Hall–Kier alpha value is -0.770. The summed E-state index contributed by atoms with van der Waals surface area (Å²) in [4.78, 5) is 11.3. The number of aliphatic hydroxyl groups is 1. The van der Waals surface area contributed by atoms with Crippen LogP contribution in [0.15, 0.2) is 0 Å². The van der Waals surface area contributed by atoms with Crippen LogP contribution < -0.4 is 10.6 Å². The van der Waals surface area contributed by atoms with Crippen LogP contribution in [0, 0.1) is 11.3 Å². The molecular weight excluding hydrogens is 204 g/mol. The second-order valence-corrected chi connectivity index (χ2v) is 5.51. The number of carbonyl (C=O) groups excluding carboxylic acids is 1. The molecule has 0 unspecified atom stereocenters. The van der Waals surface area contributed by atoms with Crippen LogP contribution in [0.1, 0.15) is 39.5 Å². The van der Waals surface area contributed by atoms with Crippen molar-refractivity contribution in [1.82, 2.24) is 10.6 Å². The molecule has 0 atom stereocenters. The number of aliphatic hydroxyl groups excluding tert-OH is 1. The quantitative estimate of drug-likeness (QED) is 0.578. The average Bonchev–Trinajstić information content (AvgIpc) is 3.05. The Balaban J connectivity index is 1.95. The maximum Gasteiger partial charge on any atom is 0.314 e. The molecular formula is C12H24N2O2. The summed E-state index contributed by atoms with van der Waals surface area (Å²) in [6, 6.07) is -0.0614. The van der Waals surface area contributed by atoms with Crippen molar-refractivity contribution in [3.8, 4) is 0 Å². The first-order chi connectivity index (χ1) is 7.53. The molecule has 0 aliphatic heterocycles. The van der Waals surface area contributed by atoms with Crippen molar-refractivity contribution in [2.24, 2.45) is 11.3 Å². The second-order valence-electron chi connectivity index (χ2n) is 5.51. The van der Waals surface area contributed by atoms with E-state index in [2.05, 4.69) is 10.6 Å². The van der Waals surface area contributed by atoms with Crippen LogP contribution >= 0.6 is 0 Å². The van der Waals surface area contributed by atoms with Gasteiger partial charge in [-0.25, -0.2) is 4.79 Å². The average molecular weight is 228 g/mol. The zero-order valence-corrected chi connectivity index (χ0v) is 10.4. The first-order valence-electron chi connectivity index (χ1n) is 6.16. The van der Waals surface area contributed by atoms with Crippen LogP contribution in [-0.4, -0.2) is 30.8 Å². The predicted molar refractivity (Wildman–Crippen MR) is 64.2 cm³/mol. The smallest absolute Gasteiger partial charge is 0.314 e. The predicted octanol–water partition coefficient (Wildman–Crippen LogP) is 1.49. The highest BCUT2D eigenvalue weighted by molar-refractivity contribution is 5.73. The van der Waals surface area contributed by atoms with E-state index in [0.717, 1.165) is 25.3 Å². The normalized spacial score (nSPS) is 15.9. The molecule has 1 rings (SSSR count). The van der Waals surface area contributed by atoms with Gasteiger partial charge in [0.25, 0.3) is 0 Å². The lowest BCUT2D eigenvalue weighted by Crippen LogP contribution is -2.37. The SMILES string of the molecule is CC(C)(CO)CCCNC(=O)NCC1CC1. The Morgan fingerprint density at radius 3 is 2.62 bits per heavy atom. The van der Waals surface area contributed by atoms with Crippen LogP contribution in [0.2, 0.25) is 0 Å². The molecule has 0 saturated heterocycles. The number of urea groups is 1. The Morgan fingerprint density at radius 1 is 1.38 bits per heavy atom. The van der Waals surface area contributed by atoms with Crippen LogP contribution in [0.3, 0.4) is 0 Å². The number of rotatable bonds is 7. The van der Waals surface area contributed by atoms with Crippen LogP contribution in [-0.2, 0) is 0 Å². The van der Waals surface area contributed by atoms with Crippen molar-refractivity contribution in [3.63, 3.8) is 0 Å². The minimum Gasteiger partial charge on any atom is -0.396 e. The highest BCUT2D eigenvalue weighted by Gasteiger charge is 2.21. The molecule has 0 bridgehead atoms. The monoisotopic (exact) mass is 228 g/mol. The van der Waals surface area contributed by atoms with Gasteiger partial charge in [0.15, 0.2) is 0 Å². The molecule has 1 aliphatic carbocycles. The lowest BCUT2D eigenvalue weighted by atomic mass is 9.89. The first kappa shape index (κ1) is 13.3. The van der Waals surface area contributed by atoms with Gasteiger partial charge in [-0.1, -0.05) is 13.8 Å². The highest BCUT2D eigenvalue weighted by Crippen LogP contribution is 2.27. The molecule has 2 amide bonds. The van der Waals surface area contributed by atoms with Gasteiger partial charge in [-0.15, -0.1) is 0 Å². The van der Waals surface area contributed by atoms with Gasteiger partial charge in [0.1, 0.15) is 0 Å². The first-order valence-corrected chi connectivity index (χ1v) is 6.16. The summed E-state index contributed by atoms with van der Waals surface area (Å²) in [5, 5.41) is 14.7. The number of hydrogen-bond donors (Lipinski definition) is 3. The molecule has 0 spiro atoms. The van der Waals surface area contributed by atoms with E-state index in [1.807, 2.05) is 13.8 Å². The van der Waals surface area contributed by atoms with Gasteiger partial charge in [0.05, 0.1) is 0 Å². The summed E-state index contributed by atoms with van der Waals surface area (Å²) in [6.07, 6.45) is 4.34. The minimum atomic E-state index is -0.0614. The van der Waals surface area contributed by atoms with E-state index in [0.29, 0.717) is 6.54 Å². The van der Waals surface area contributed by atoms with Gasteiger partial charge in [-0.2, -0.15) is 0 Å². The van der Waals surface area contributed by atoms with Crippen molar-refractivity contribution >= 4 is 6.03 Å². The van der Waals surface area contributed by atoms with Crippen molar-refractivity contribution in [2.75, 3.05) is 19.7 Å². The number of carbonyl (C=O) groups is 1. The molecule has 0 heterocycles. The topological polar surface area (TPSA) is 61.4 Å². The van der Waals surface area contributed by atoms with Crippen LogP contribution in [0.25, 0.3) is 0 Å². The molecule has 16 heavy (non-hydrogen) atoms. The zero-order valence-electron chi connectivity index (χ0n) is 10.4. The van der Waals surface area contributed by atoms with Crippen molar-refractivity contribution in [2.45, 2.75) is 39.5 Å². The number of hydrogen-bond acceptors (Lipinski definition) is 2. The molecule has 0 aromatic rings. The lowest BCUT2D eigenvalue weighted by Gasteiger charge is -2.21. The summed E-state index contributed by atoms with van der Waals surface area (Å²) >= 11 is 0. The molecule has 4 heteroatoms. The summed E-state index contributed by atoms with van der Waals surface area (Å²) < 4.78 is 0. The van der Waals surface area contributed by atoms with Gasteiger partial charge in [0.2, 0.25) is 0 Å². The minimum absolute atomic E-state index is 0.0355. The third-order valence-corrected chi connectivity index (χ3v) is 2.99. The number of amides is 2. The molecule has 1 aliphatic rings. The fraction of sp³-hybridized carbons (Fsp3) is 0.917. The van der Waals surface area contributed by atoms with Gasteiger partial charge >= 0.3 is 6.03 Å². The Morgan fingerprint density at radius 2 is 2.06 bits per heavy atom. The molecule has 1 saturated carbocycles. The molecule has 0 aromatic heterocycles. The molecule has 3 N–H and O–H groups in total. The highest BCUT2D eigenvalue weighted by atomic mass is 16.3. The molecule has 0 aromatic carbocycles. The third-order valence-electron chi connectivity index (χ3n) is 2.99. The van der Waals surface area contributed by atoms with Gasteiger partial charge in [0, 0.05) is 19.7 Å². The fourth-order valence-corrected chi connectivity index (χ4v) is 1.47. The molecule has 4 nitrogen and oxygen atoms in total. The standard InChI is InChI=1S/C12H24N2O2/c1-12(2,9-15)6-3-7-13-11(16)14-8-10-4-5-10/h10,15H,3-9H2,1-2H3,(H2,13,14,16). The fourth-order valence-electron chi connectivity index (χ4n) is 1.47. The van der Waals surface area contributed by atoms with Gasteiger partial charge in [-0.05, 0) is 37.0 Å². The zero-order chi connectivity index (χ0) is 12.0. The van der Waals surface area contributed by atoms with Gasteiger partial charge < -0.3 is 15.7 Å². The van der Waals surface area contributed by atoms with E-state index in [-0.39, 0.29) is 18.1 Å². The van der Waals surface area contributed by atoms with Crippen molar-refractivity contribution < 1.29 is 9.90 Å². The van der Waals surface area contributed by atoms with Crippen molar-refractivity contribution in [3.05, 3.63) is 0 Å². The van der Waals surface area contributed by atoms with E-state index < -0.39 is 0 Å². The maximum absolute atomic E-state index is 11.3. The van der Waals surface area contributed by atoms with E-state index in [1.165, 1.54) is 12.8 Å². The molecule has 1 fully saturated rings. The Kier molecular flexibility index (Phi) is 5.06. The second kappa shape index (κ2) is 6.09. The van der Waals surface area contributed by atoms with E-state index >= 15 is 0 Å². The third kappa shape index (κ3) is 5.95. The van der Waals surface area contributed by atoms with Crippen molar-refractivity contribution in [1.29, 1.82) is 0 Å². The van der Waals surface area contributed by atoms with E-state index in [9.17, 15) is 4.79 Å². The largest absolute Gasteiger partial charge is 0.396 e. The van der Waals surface area contributed by atoms with Gasteiger partial charge in [-0.3, -0.25) is 0 Å². The molecule has 94 valence electrons. The Labute approximate surface area is 97.8 Å². The summed E-state index contributed by atoms with van der Waals surface area (Å²) in [5.41, 5.74) is -0.0355.